The van der Waals surface area contributed by atoms with Crippen molar-refractivity contribution in [3.05, 3.63) is 35.9 Å². The summed E-state index contributed by atoms with van der Waals surface area (Å²) in [4.78, 5) is 39.9. The number of benzene rings is 1. The molecule has 1 aromatic rings. The molecule has 0 bridgehead atoms. The van der Waals surface area contributed by atoms with Crippen molar-refractivity contribution >= 4 is 17.7 Å². The SMILES string of the molecule is CC(=O)C(COCc1ccccc1)NC(=O)C(CC1CCCCC1)NC(=O)N1CCOCC1. The third kappa shape index (κ3) is 8.44. The number of ketones is 1. The summed E-state index contributed by atoms with van der Waals surface area (Å²) in [5, 5.41) is 5.76. The van der Waals surface area contributed by atoms with E-state index >= 15 is 0 Å². The van der Waals surface area contributed by atoms with Crippen LogP contribution in [0.3, 0.4) is 0 Å². The number of morpholine rings is 1. The monoisotopic (exact) mass is 459 g/mol. The van der Waals surface area contributed by atoms with Gasteiger partial charge in [-0.25, -0.2) is 4.79 Å². The third-order valence-electron chi connectivity index (χ3n) is 6.41. The minimum absolute atomic E-state index is 0.0868. The first-order valence-electron chi connectivity index (χ1n) is 12.1. The summed E-state index contributed by atoms with van der Waals surface area (Å²) < 4.78 is 11.0. The predicted octanol–water partition coefficient (Wildman–Crippen LogP) is 2.66. The van der Waals surface area contributed by atoms with Crippen LogP contribution in [0.2, 0.25) is 0 Å². The quantitative estimate of drug-likeness (QED) is 0.561. The zero-order chi connectivity index (χ0) is 23.5. The van der Waals surface area contributed by atoms with Crippen molar-refractivity contribution in [2.75, 3.05) is 32.9 Å². The Morgan fingerprint density at radius 1 is 1.03 bits per heavy atom. The molecule has 0 radical (unpaired) electrons. The van der Waals surface area contributed by atoms with Crippen molar-refractivity contribution in [1.29, 1.82) is 0 Å². The number of carbonyl (C=O) groups is 3. The summed E-state index contributed by atoms with van der Waals surface area (Å²) in [6, 6.07) is 7.99. The normalized spacial score (nSPS) is 18.9. The first-order chi connectivity index (χ1) is 16.0. The summed E-state index contributed by atoms with van der Waals surface area (Å²) in [7, 11) is 0. The Morgan fingerprint density at radius 3 is 2.39 bits per heavy atom. The Hall–Kier alpha value is -2.45. The van der Waals surface area contributed by atoms with E-state index in [1.54, 1.807) is 4.90 Å². The van der Waals surface area contributed by atoms with Gasteiger partial charge in [-0.05, 0) is 24.8 Å². The molecule has 3 rings (SSSR count). The van der Waals surface area contributed by atoms with Crippen LogP contribution in [0.25, 0.3) is 0 Å². The molecule has 2 fully saturated rings. The van der Waals surface area contributed by atoms with Gasteiger partial charge in [0.05, 0.1) is 26.4 Å². The number of hydrogen-bond donors (Lipinski definition) is 2. The summed E-state index contributed by atoms with van der Waals surface area (Å²) in [5.74, 6) is -0.109. The fourth-order valence-electron chi connectivity index (χ4n) is 4.40. The van der Waals surface area contributed by atoms with E-state index in [-0.39, 0.29) is 24.3 Å². The largest absolute Gasteiger partial charge is 0.378 e. The summed E-state index contributed by atoms with van der Waals surface area (Å²) in [5.41, 5.74) is 0.999. The molecular formula is C25H37N3O5. The molecule has 1 aliphatic heterocycles. The molecule has 182 valence electrons. The second-order valence-electron chi connectivity index (χ2n) is 9.01. The van der Waals surface area contributed by atoms with E-state index in [4.69, 9.17) is 9.47 Å². The lowest BCUT2D eigenvalue weighted by Crippen LogP contribution is -2.56. The van der Waals surface area contributed by atoms with Gasteiger partial charge in [-0.15, -0.1) is 0 Å². The molecule has 0 spiro atoms. The molecule has 8 heteroatoms. The number of nitrogens with zero attached hydrogens (tertiary/aromatic N) is 1. The van der Waals surface area contributed by atoms with Crippen molar-refractivity contribution in [3.8, 4) is 0 Å². The van der Waals surface area contributed by atoms with Gasteiger partial charge in [-0.3, -0.25) is 9.59 Å². The smallest absolute Gasteiger partial charge is 0.318 e. The second-order valence-corrected chi connectivity index (χ2v) is 9.01. The van der Waals surface area contributed by atoms with Gasteiger partial charge in [-0.2, -0.15) is 0 Å². The zero-order valence-corrected chi connectivity index (χ0v) is 19.6. The Labute approximate surface area is 196 Å². The Balaban J connectivity index is 1.59. The molecule has 1 saturated heterocycles. The molecule has 2 unspecified atom stereocenters. The number of Topliss-reactive ketones (excluding diaryl/α,β-unsaturated/α-hetero) is 1. The highest BCUT2D eigenvalue weighted by molar-refractivity contribution is 5.91. The van der Waals surface area contributed by atoms with E-state index in [0.717, 1.165) is 31.2 Å². The van der Waals surface area contributed by atoms with E-state index in [1.807, 2.05) is 30.3 Å². The van der Waals surface area contributed by atoms with Crippen LogP contribution >= 0.6 is 0 Å². The van der Waals surface area contributed by atoms with Crippen LogP contribution in [-0.2, 0) is 25.7 Å². The van der Waals surface area contributed by atoms with Crippen molar-refractivity contribution < 1.29 is 23.9 Å². The summed E-state index contributed by atoms with van der Waals surface area (Å²) in [6.45, 7) is 3.90. The Morgan fingerprint density at radius 2 is 1.73 bits per heavy atom. The summed E-state index contributed by atoms with van der Waals surface area (Å²) >= 11 is 0. The molecule has 2 atom stereocenters. The number of nitrogens with one attached hydrogen (secondary N) is 2. The molecule has 33 heavy (non-hydrogen) atoms. The third-order valence-corrected chi connectivity index (χ3v) is 6.41. The van der Waals surface area contributed by atoms with Gasteiger partial charge in [0.2, 0.25) is 5.91 Å². The fourth-order valence-corrected chi connectivity index (χ4v) is 4.40. The second kappa shape index (κ2) is 13.3. The van der Waals surface area contributed by atoms with Crippen LogP contribution < -0.4 is 10.6 Å². The minimum Gasteiger partial charge on any atom is -0.378 e. The van der Waals surface area contributed by atoms with E-state index in [0.29, 0.717) is 45.2 Å². The van der Waals surface area contributed by atoms with Gasteiger partial charge in [-0.1, -0.05) is 62.4 Å². The van der Waals surface area contributed by atoms with E-state index in [2.05, 4.69) is 10.6 Å². The van der Waals surface area contributed by atoms with Crippen LogP contribution in [0.1, 0.15) is 51.0 Å². The molecule has 2 aliphatic rings. The van der Waals surface area contributed by atoms with Gasteiger partial charge in [0.15, 0.2) is 5.78 Å². The first-order valence-corrected chi connectivity index (χ1v) is 12.1. The molecule has 8 nitrogen and oxygen atoms in total. The van der Waals surface area contributed by atoms with Gasteiger partial charge >= 0.3 is 6.03 Å². The van der Waals surface area contributed by atoms with Crippen LogP contribution in [0.4, 0.5) is 4.79 Å². The maximum atomic E-state index is 13.2. The molecule has 3 amide bonds. The highest BCUT2D eigenvalue weighted by Gasteiger charge is 2.30. The topological polar surface area (TPSA) is 97.0 Å². The Bertz CT molecular complexity index is 761. The molecule has 0 aromatic heterocycles. The highest BCUT2D eigenvalue weighted by Crippen LogP contribution is 2.27. The van der Waals surface area contributed by atoms with E-state index < -0.39 is 12.1 Å². The van der Waals surface area contributed by atoms with Crippen molar-refractivity contribution in [2.24, 2.45) is 5.92 Å². The van der Waals surface area contributed by atoms with Gasteiger partial charge < -0.3 is 25.0 Å². The van der Waals surface area contributed by atoms with Gasteiger partial charge in [0, 0.05) is 13.1 Å². The maximum absolute atomic E-state index is 13.2. The standard InChI is InChI=1S/C25H37N3O5/c1-19(29)23(18-33-17-21-10-6-3-7-11-21)26-24(30)22(16-20-8-4-2-5-9-20)27-25(31)28-12-14-32-15-13-28/h3,6-7,10-11,20,22-23H,2,4-5,8-9,12-18H2,1H3,(H,26,30)(H,27,31). The van der Waals surface area contributed by atoms with Crippen molar-refractivity contribution in [2.45, 2.75) is 64.1 Å². The van der Waals surface area contributed by atoms with E-state index in [9.17, 15) is 14.4 Å². The van der Waals surface area contributed by atoms with Crippen molar-refractivity contribution in [3.63, 3.8) is 0 Å². The summed E-state index contributed by atoms with van der Waals surface area (Å²) in [6.07, 6.45) is 6.23. The first kappa shape index (κ1) is 25.2. The molecule has 1 heterocycles. The predicted molar refractivity (Wildman–Crippen MR) is 125 cm³/mol. The number of ether oxygens (including phenoxy) is 2. The maximum Gasteiger partial charge on any atom is 0.318 e. The number of carbonyl (C=O) groups excluding carboxylic acids is 3. The Kier molecular flexibility index (Phi) is 10.2. The van der Waals surface area contributed by atoms with Crippen LogP contribution in [-0.4, -0.2) is 67.6 Å². The number of rotatable bonds is 10. The van der Waals surface area contributed by atoms with Crippen LogP contribution in [0.5, 0.6) is 0 Å². The van der Waals surface area contributed by atoms with Crippen LogP contribution in [0, 0.1) is 5.92 Å². The lowest BCUT2D eigenvalue weighted by molar-refractivity contribution is -0.129. The fraction of sp³-hybridized carbons (Fsp3) is 0.640. The van der Waals surface area contributed by atoms with Crippen molar-refractivity contribution in [1.82, 2.24) is 15.5 Å². The van der Waals surface area contributed by atoms with E-state index in [1.165, 1.54) is 13.3 Å². The number of amides is 3. The average molecular weight is 460 g/mol. The lowest BCUT2D eigenvalue weighted by Gasteiger charge is -2.31. The molecule has 1 saturated carbocycles. The molecule has 1 aliphatic carbocycles. The highest BCUT2D eigenvalue weighted by atomic mass is 16.5. The number of urea groups is 1. The zero-order valence-electron chi connectivity index (χ0n) is 19.6. The lowest BCUT2D eigenvalue weighted by atomic mass is 9.84. The van der Waals surface area contributed by atoms with Gasteiger partial charge in [0.1, 0.15) is 12.1 Å². The average Bonchev–Trinajstić information content (AvgIpc) is 2.84. The van der Waals surface area contributed by atoms with Gasteiger partial charge in [0.25, 0.3) is 0 Å². The minimum atomic E-state index is -0.754. The molecule has 2 N–H and O–H groups in total. The molecular weight excluding hydrogens is 422 g/mol. The molecule has 1 aromatic carbocycles. The van der Waals surface area contributed by atoms with Crippen LogP contribution in [0.15, 0.2) is 30.3 Å². The number of hydrogen-bond acceptors (Lipinski definition) is 5.